The van der Waals surface area contributed by atoms with E-state index < -0.39 is 115 Å². The van der Waals surface area contributed by atoms with E-state index in [2.05, 4.69) is 46.1 Å². The van der Waals surface area contributed by atoms with Gasteiger partial charge in [0, 0.05) is 38.1 Å². The minimum absolute atomic E-state index is 0.0891. The first-order valence-corrected chi connectivity index (χ1v) is 22.1. The van der Waals surface area contributed by atoms with Crippen molar-refractivity contribution in [3.63, 3.8) is 0 Å². The molecule has 14 nitrogen and oxygen atoms in total. The Labute approximate surface area is 437 Å². The average molecular weight is 1220 g/mol. The fraction of sp³-hybridized carbons (Fsp3) is 0.271. The summed E-state index contributed by atoms with van der Waals surface area (Å²) < 4.78 is 185. The van der Waals surface area contributed by atoms with Crippen molar-refractivity contribution in [3.05, 3.63) is 165 Å². The molecule has 1 heterocycles. The topological polar surface area (TPSA) is 192 Å². The summed E-state index contributed by atoms with van der Waals surface area (Å²) in [4.78, 5) is 72.7. The number of alkyl halides is 9. The van der Waals surface area contributed by atoms with Crippen LogP contribution in [0.15, 0.2) is 81.7 Å². The number of methoxy groups -OCH3 is 3. The Kier molecular flexibility index (Phi) is 20.4. The van der Waals surface area contributed by atoms with Crippen LogP contribution in [0.25, 0.3) is 0 Å². The molecular weight excluding hydrogens is 1190 g/mol. The molecule has 0 amide bonds. The van der Waals surface area contributed by atoms with Crippen molar-refractivity contribution in [1.82, 2.24) is 0 Å². The van der Waals surface area contributed by atoms with Crippen molar-refractivity contribution in [2.75, 3.05) is 21.3 Å². The van der Waals surface area contributed by atoms with Crippen LogP contribution in [-0.2, 0) is 64.7 Å². The molecule has 5 aromatic carbocycles. The normalized spacial score (nSPS) is 14.0. The van der Waals surface area contributed by atoms with Crippen LogP contribution in [0, 0.1) is 34.5 Å². The summed E-state index contributed by atoms with van der Waals surface area (Å²) in [5.41, 5.74) is -10.4. The standard InChI is InChI=1S/C19H13BrF4O4.C19H17BrF4O3.C9H5F4NO4.CO2/c1-18(13-7-10(20)3-4-14(13)21)16(25)6-9-5-11(17(26)27-2)12(19(22,23)24)8-15(9)28-18;1-10-7-12(17(25)26-4)13(19(22,23)24)9-16(10)27-18(2,3)14-8-11(20)5-6-15(14)21;1-18-8(15)4-2-7(14(16)17)6(10)3-5(4)9(11,12)13;2-1-3/h3-5,7-8H,6H2,1-2H3;5-9H,1-4H3;2-3H,1H3;. The van der Waals surface area contributed by atoms with Gasteiger partial charge in [0.05, 0.1) is 59.6 Å². The molecule has 0 radical (unpaired) electrons. The summed E-state index contributed by atoms with van der Waals surface area (Å²) in [5.74, 6) is -7.62. The summed E-state index contributed by atoms with van der Waals surface area (Å²) in [6.45, 7) is 5.87. The minimum atomic E-state index is -5.03. The van der Waals surface area contributed by atoms with Crippen LogP contribution in [-0.4, -0.2) is 56.1 Å². The Morgan fingerprint density at radius 3 is 1.57 bits per heavy atom. The molecule has 1 aliphatic rings. The number of nitro benzene ring substituents is 1. The number of benzene rings is 5. The van der Waals surface area contributed by atoms with Gasteiger partial charge in [-0.25, -0.2) is 23.2 Å². The molecule has 1 atom stereocenters. The fourth-order valence-corrected chi connectivity index (χ4v) is 7.60. The summed E-state index contributed by atoms with van der Waals surface area (Å²) in [7, 11) is 2.76. The van der Waals surface area contributed by atoms with Crippen molar-refractivity contribution in [3.8, 4) is 11.5 Å². The molecule has 0 aliphatic carbocycles. The lowest BCUT2D eigenvalue weighted by Gasteiger charge is -2.35. The van der Waals surface area contributed by atoms with Gasteiger partial charge in [-0.3, -0.25) is 14.9 Å². The number of hydrogen-bond acceptors (Lipinski definition) is 13. The number of ketones is 1. The molecule has 0 spiro atoms. The van der Waals surface area contributed by atoms with Gasteiger partial charge in [0.25, 0.3) is 0 Å². The Morgan fingerprint density at radius 2 is 1.09 bits per heavy atom. The Morgan fingerprint density at radius 1 is 0.658 bits per heavy atom. The van der Waals surface area contributed by atoms with E-state index >= 15 is 0 Å². The molecule has 6 rings (SSSR count). The van der Waals surface area contributed by atoms with Crippen molar-refractivity contribution < 1.29 is 110 Å². The third kappa shape index (κ3) is 15.0. The Balaban J connectivity index is 0.000000299. The summed E-state index contributed by atoms with van der Waals surface area (Å²) >= 11 is 6.41. The number of carbonyl (C=O) groups excluding carboxylic acids is 6. The van der Waals surface area contributed by atoms with Crippen molar-refractivity contribution in [1.29, 1.82) is 0 Å². The second-order valence-electron chi connectivity index (χ2n) is 15.9. The van der Waals surface area contributed by atoms with E-state index in [4.69, 9.17) is 19.1 Å². The van der Waals surface area contributed by atoms with Crippen LogP contribution < -0.4 is 9.47 Å². The van der Waals surface area contributed by atoms with E-state index in [0.717, 1.165) is 45.6 Å². The molecular formula is C48H35Br2F12NO13. The number of halogens is 14. The molecule has 0 bridgehead atoms. The van der Waals surface area contributed by atoms with Gasteiger partial charge in [0.1, 0.15) is 28.7 Å². The maximum Gasteiger partial charge on any atom is 0.417 e. The zero-order valence-electron chi connectivity index (χ0n) is 39.7. The maximum atomic E-state index is 14.3. The quantitative estimate of drug-likeness (QED) is 0.0469. The number of ether oxygens (including phenoxy) is 5. The molecule has 28 heteroatoms. The zero-order chi connectivity index (χ0) is 58.2. The highest BCUT2D eigenvalue weighted by molar-refractivity contribution is 9.10. The second kappa shape index (κ2) is 24.6. The molecule has 5 aromatic rings. The van der Waals surface area contributed by atoms with Crippen molar-refractivity contribution in [2.45, 2.75) is 63.8 Å². The first-order valence-electron chi connectivity index (χ1n) is 20.5. The van der Waals surface area contributed by atoms with Crippen molar-refractivity contribution in [2.24, 2.45) is 0 Å². The molecule has 76 heavy (non-hydrogen) atoms. The summed E-state index contributed by atoms with van der Waals surface area (Å²) in [5, 5.41) is 10.4. The summed E-state index contributed by atoms with van der Waals surface area (Å²) in [6.07, 6.45) is -14.8. The molecule has 1 unspecified atom stereocenters. The second-order valence-corrected chi connectivity index (χ2v) is 17.8. The molecule has 0 saturated heterocycles. The zero-order valence-corrected chi connectivity index (χ0v) is 42.9. The fourth-order valence-electron chi connectivity index (χ4n) is 6.87. The number of esters is 3. The average Bonchev–Trinajstić information content (AvgIpc) is 3.32. The van der Waals surface area contributed by atoms with Gasteiger partial charge in [0.2, 0.25) is 5.82 Å². The highest BCUT2D eigenvalue weighted by Gasteiger charge is 2.46. The molecule has 0 fully saturated rings. The molecule has 408 valence electrons. The summed E-state index contributed by atoms with van der Waals surface area (Å²) in [6, 6.07) is 11.6. The van der Waals surface area contributed by atoms with E-state index in [1.807, 2.05) is 0 Å². The third-order valence-electron chi connectivity index (χ3n) is 10.5. The number of Topliss-reactive ketones (excluding diaryl/α,β-unsaturated/α-hetero) is 1. The monoisotopic (exact) mass is 1220 g/mol. The van der Waals surface area contributed by atoms with Crippen LogP contribution in [0.4, 0.5) is 58.4 Å². The SMILES string of the molecule is COC(=O)c1cc(C)c(OC(C)(C)c2cc(Br)ccc2F)cc1C(F)(F)F.COC(=O)c1cc([N+](=O)[O-])c(F)cc1C(F)(F)F.COC(=O)c1cc2c(cc1C(F)(F)F)OC(C)(c1cc(Br)ccc1F)C(=O)C2.O=C=O. The van der Waals surface area contributed by atoms with Crippen molar-refractivity contribution >= 4 is 67.4 Å². The van der Waals surface area contributed by atoms with Gasteiger partial charge in [-0.15, -0.1) is 0 Å². The number of fused-ring (bicyclic) bond motifs is 1. The molecule has 0 aromatic heterocycles. The Bertz CT molecular complexity index is 3100. The Hall–Kier alpha value is -7.32. The lowest BCUT2D eigenvalue weighted by atomic mass is 9.84. The first-order chi connectivity index (χ1) is 34.9. The largest absolute Gasteiger partial charge is 0.483 e. The maximum absolute atomic E-state index is 14.3. The van der Waals surface area contributed by atoms with E-state index in [-0.39, 0.29) is 58.5 Å². The number of nitro groups is 1. The van der Waals surface area contributed by atoms with E-state index in [1.54, 1.807) is 13.8 Å². The lowest BCUT2D eigenvalue weighted by Crippen LogP contribution is -2.44. The van der Waals surface area contributed by atoms with Crippen LogP contribution in [0.2, 0.25) is 0 Å². The third-order valence-corrected chi connectivity index (χ3v) is 11.5. The molecule has 1 aliphatic heterocycles. The van der Waals surface area contributed by atoms with Gasteiger partial charge in [0.15, 0.2) is 11.4 Å². The number of rotatable bonds is 8. The van der Waals surface area contributed by atoms with E-state index in [0.29, 0.717) is 15.0 Å². The molecule has 0 N–H and O–H groups in total. The first kappa shape index (κ1) is 63.0. The van der Waals surface area contributed by atoms with Crippen LogP contribution >= 0.6 is 31.9 Å². The van der Waals surface area contributed by atoms with Gasteiger partial charge in [-0.2, -0.15) is 53.5 Å². The number of hydrogen-bond donors (Lipinski definition) is 0. The van der Waals surface area contributed by atoms with Gasteiger partial charge < -0.3 is 23.7 Å². The predicted molar refractivity (Wildman–Crippen MR) is 243 cm³/mol. The van der Waals surface area contributed by atoms with Crippen LogP contribution in [0.1, 0.15) is 90.8 Å². The highest BCUT2D eigenvalue weighted by Crippen LogP contribution is 2.44. The van der Waals surface area contributed by atoms with E-state index in [9.17, 15) is 82.0 Å². The molecule has 0 saturated carbocycles. The van der Waals surface area contributed by atoms with Gasteiger partial charge in [-0.1, -0.05) is 31.9 Å². The van der Waals surface area contributed by atoms with Crippen LogP contribution in [0.3, 0.4) is 0 Å². The minimum Gasteiger partial charge on any atom is -0.483 e. The number of aryl methyl sites for hydroxylation is 1. The highest BCUT2D eigenvalue weighted by atomic mass is 79.9. The van der Waals surface area contributed by atoms with Gasteiger partial charge >= 0.3 is 48.3 Å². The lowest BCUT2D eigenvalue weighted by molar-refractivity contribution is -0.387. The van der Waals surface area contributed by atoms with Crippen LogP contribution in [0.5, 0.6) is 11.5 Å². The van der Waals surface area contributed by atoms with E-state index in [1.165, 1.54) is 44.2 Å². The number of carbonyl (C=O) groups is 4. The smallest absolute Gasteiger partial charge is 0.417 e. The number of nitrogens with zero attached hydrogens (tertiary/aromatic N) is 1. The van der Waals surface area contributed by atoms with Gasteiger partial charge in [-0.05, 0) is 100.0 Å². The predicted octanol–water partition coefficient (Wildman–Crippen LogP) is 12.8.